The minimum absolute atomic E-state index is 0.234. The van der Waals surface area contributed by atoms with E-state index in [1.807, 2.05) is 25.1 Å². The first-order valence-electron chi connectivity index (χ1n) is 6.18. The predicted octanol–water partition coefficient (Wildman–Crippen LogP) is 4.55. The zero-order valence-corrected chi connectivity index (χ0v) is 12.5. The molecule has 2 rings (SSSR count). The number of rotatable bonds is 4. The fourth-order valence-corrected chi connectivity index (χ4v) is 2.35. The van der Waals surface area contributed by atoms with Gasteiger partial charge >= 0.3 is 0 Å². The van der Waals surface area contributed by atoms with Crippen LogP contribution >= 0.6 is 23.2 Å². The van der Waals surface area contributed by atoms with Crippen LogP contribution in [0.5, 0.6) is 0 Å². The Labute approximate surface area is 127 Å². The number of aryl methyl sites for hydroxylation is 1. The Morgan fingerprint density at radius 1 is 1.20 bits per heavy atom. The van der Waals surface area contributed by atoms with Gasteiger partial charge in [-0.2, -0.15) is 0 Å². The lowest BCUT2D eigenvalue weighted by Crippen LogP contribution is -2.20. The number of nitrogens with two attached hydrogens (primary N) is 1. The summed E-state index contributed by atoms with van der Waals surface area (Å²) < 4.78 is 13.4. The molecule has 0 saturated heterocycles. The van der Waals surface area contributed by atoms with E-state index in [0.717, 1.165) is 11.3 Å². The molecule has 0 spiro atoms. The molecule has 2 aromatic carbocycles. The summed E-state index contributed by atoms with van der Waals surface area (Å²) in [5, 5.41) is 4.25. The summed E-state index contributed by atoms with van der Waals surface area (Å²) in [5.74, 6) is -0.380. The number of anilines is 1. The van der Waals surface area contributed by atoms with Crippen LogP contribution in [0.3, 0.4) is 0 Å². The molecule has 0 fully saturated rings. The first-order valence-corrected chi connectivity index (χ1v) is 6.94. The summed E-state index contributed by atoms with van der Waals surface area (Å²) in [6.45, 7) is 2.24. The van der Waals surface area contributed by atoms with Crippen LogP contribution in [0, 0.1) is 12.7 Å². The second-order valence-corrected chi connectivity index (χ2v) is 5.44. The molecule has 106 valence electrons. The normalized spacial score (nSPS) is 12.2. The predicted molar refractivity (Wildman–Crippen MR) is 83.0 cm³/mol. The Bertz CT molecular complexity index is 597. The lowest BCUT2D eigenvalue weighted by molar-refractivity contribution is 0.622. The molecule has 5 heteroatoms. The maximum absolute atomic E-state index is 13.4. The van der Waals surface area contributed by atoms with Crippen LogP contribution in [0.4, 0.5) is 10.1 Å². The van der Waals surface area contributed by atoms with Gasteiger partial charge in [-0.1, -0.05) is 29.3 Å². The van der Waals surface area contributed by atoms with Crippen LogP contribution in [-0.2, 0) is 0 Å². The SMILES string of the molecule is Cc1ccc(NC(CN)c2cc(F)cc(Cl)c2)cc1Cl. The molecule has 0 aliphatic heterocycles. The van der Waals surface area contributed by atoms with Crippen molar-refractivity contribution in [3.8, 4) is 0 Å². The van der Waals surface area contributed by atoms with Gasteiger partial charge in [-0.3, -0.25) is 0 Å². The lowest BCUT2D eigenvalue weighted by atomic mass is 10.1. The molecule has 3 N–H and O–H groups in total. The van der Waals surface area contributed by atoms with E-state index in [9.17, 15) is 4.39 Å². The van der Waals surface area contributed by atoms with E-state index in [4.69, 9.17) is 28.9 Å². The van der Waals surface area contributed by atoms with Crippen LogP contribution in [0.15, 0.2) is 36.4 Å². The van der Waals surface area contributed by atoms with Crippen molar-refractivity contribution < 1.29 is 4.39 Å². The fraction of sp³-hybridized carbons (Fsp3) is 0.200. The molecule has 1 atom stereocenters. The number of nitrogens with one attached hydrogen (secondary N) is 1. The molecule has 1 unspecified atom stereocenters. The number of benzene rings is 2. The van der Waals surface area contributed by atoms with Crippen molar-refractivity contribution in [1.82, 2.24) is 0 Å². The minimum Gasteiger partial charge on any atom is -0.377 e. The summed E-state index contributed by atoms with van der Waals surface area (Å²) in [4.78, 5) is 0. The van der Waals surface area contributed by atoms with Crippen molar-refractivity contribution in [3.05, 3.63) is 63.4 Å². The van der Waals surface area contributed by atoms with Crippen LogP contribution in [0.1, 0.15) is 17.2 Å². The molecular weight excluding hydrogens is 298 g/mol. The standard InChI is InChI=1S/C15H15Cl2FN2/c1-9-2-3-13(7-14(9)17)20-15(8-19)10-4-11(16)6-12(18)5-10/h2-7,15,20H,8,19H2,1H3. The van der Waals surface area contributed by atoms with Crippen LogP contribution in [0.25, 0.3) is 0 Å². The second-order valence-electron chi connectivity index (χ2n) is 4.60. The van der Waals surface area contributed by atoms with E-state index < -0.39 is 0 Å². The molecule has 0 bridgehead atoms. The van der Waals surface area contributed by atoms with Gasteiger partial charge < -0.3 is 11.1 Å². The van der Waals surface area contributed by atoms with Crippen molar-refractivity contribution in [2.24, 2.45) is 5.73 Å². The third-order valence-corrected chi connectivity index (χ3v) is 3.66. The molecule has 2 nitrogen and oxygen atoms in total. The molecule has 0 heterocycles. The van der Waals surface area contributed by atoms with Crippen molar-refractivity contribution in [3.63, 3.8) is 0 Å². The van der Waals surface area contributed by atoms with E-state index in [2.05, 4.69) is 5.32 Å². The fourth-order valence-electron chi connectivity index (χ4n) is 1.94. The number of hydrogen-bond donors (Lipinski definition) is 2. The van der Waals surface area contributed by atoms with Crippen LogP contribution in [0.2, 0.25) is 10.0 Å². The van der Waals surface area contributed by atoms with Crippen LogP contribution < -0.4 is 11.1 Å². The van der Waals surface area contributed by atoms with Gasteiger partial charge in [-0.05, 0) is 48.4 Å². The van der Waals surface area contributed by atoms with Crippen molar-refractivity contribution in [1.29, 1.82) is 0 Å². The number of halogens is 3. The van der Waals surface area contributed by atoms with E-state index in [1.165, 1.54) is 12.1 Å². The summed E-state index contributed by atoms with van der Waals surface area (Å²) >= 11 is 12.0. The van der Waals surface area contributed by atoms with Crippen molar-refractivity contribution in [2.75, 3.05) is 11.9 Å². The van der Waals surface area contributed by atoms with Gasteiger partial charge in [-0.25, -0.2) is 4.39 Å². The van der Waals surface area contributed by atoms with Crippen molar-refractivity contribution >= 4 is 28.9 Å². The van der Waals surface area contributed by atoms with Gasteiger partial charge in [-0.15, -0.1) is 0 Å². The Morgan fingerprint density at radius 2 is 1.95 bits per heavy atom. The largest absolute Gasteiger partial charge is 0.377 e. The highest BCUT2D eigenvalue weighted by Crippen LogP contribution is 2.25. The Morgan fingerprint density at radius 3 is 2.55 bits per heavy atom. The average Bonchev–Trinajstić information content (AvgIpc) is 2.38. The molecule has 0 aromatic heterocycles. The average molecular weight is 313 g/mol. The third kappa shape index (κ3) is 3.63. The molecular formula is C15H15Cl2FN2. The van der Waals surface area contributed by atoms with Gasteiger partial charge in [0, 0.05) is 22.3 Å². The lowest BCUT2D eigenvalue weighted by Gasteiger charge is -2.19. The first kappa shape index (κ1) is 15.1. The molecule has 20 heavy (non-hydrogen) atoms. The van der Waals surface area contributed by atoms with Gasteiger partial charge in [0.05, 0.1) is 6.04 Å². The van der Waals surface area contributed by atoms with Gasteiger partial charge in [0.25, 0.3) is 0 Å². The highest BCUT2D eigenvalue weighted by molar-refractivity contribution is 6.31. The van der Waals surface area contributed by atoms with Crippen molar-refractivity contribution in [2.45, 2.75) is 13.0 Å². The topological polar surface area (TPSA) is 38.0 Å². The molecule has 0 amide bonds. The van der Waals surface area contributed by atoms with E-state index >= 15 is 0 Å². The van der Waals surface area contributed by atoms with Gasteiger partial charge in [0.2, 0.25) is 0 Å². The second kappa shape index (κ2) is 6.44. The maximum atomic E-state index is 13.4. The molecule has 0 radical (unpaired) electrons. The van der Waals surface area contributed by atoms with E-state index in [-0.39, 0.29) is 11.9 Å². The minimum atomic E-state index is -0.380. The summed E-state index contributed by atoms with van der Waals surface area (Å²) in [6.07, 6.45) is 0. The highest BCUT2D eigenvalue weighted by atomic mass is 35.5. The van der Waals surface area contributed by atoms with Gasteiger partial charge in [0.1, 0.15) is 5.82 Å². The molecule has 0 aliphatic carbocycles. The Balaban J connectivity index is 2.26. The zero-order valence-electron chi connectivity index (χ0n) is 11.0. The first-order chi connectivity index (χ1) is 9.49. The monoisotopic (exact) mass is 312 g/mol. The number of hydrogen-bond acceptors (Lipinski definition) is 2. The summed E-state index contributed by atoms with van der Waals surface area (Å²) in [5.41, 5.74) is 8.29. The van der Waals surface area contributed by atoms with Gasteiger partial charge in [0.15, 0.2) is 0 Å². The smallest absolute Gasteiger partial charge is 0.125 e. The zero-order chi connectivity index (χ0) is 14.7. The van der Waals surface area contributed by atoms with E-state index in [0.29, 0.717) is 22.2 Å². The summed E-state index contributed by atoms with van der Waals surface area (Å²) in [6, 6.07) is 9.79. The maximum Gasteiger partial charge on any atom is 0.125 e. The Hall–Kier alpha value is -1.29. The van der Waals surface area contributed by atoms with E-state index in [1.54, 1.807) is 6.07 Å². The summed E-state index contributed by atoms with van der Waals surface area (Å²) in [7, 11) is 0. The Kier molecular flexibility index (Phi) is 4.86. The molecule has 2 aromatic rings. The highest BCUT2D eigenvalue weighted by Gasteiger charge is 2.12. The van der Waals surface area contributed by atoms with Crippen LogP contribution in [-0.4, -0.2) is 6.54 Å². The molecule has 0 saturated carbocycles. The molecule has 0 aliphatic rings. The quantitative estimate of drug-likeness (QED) is 0.869. The third-order valence-electron chi connectivity index (χ3n) is 3.04.